The number of pyridine rings is 1. The first-order chi connectivity index (χ1) is 12.8. The van der Waals surface area contributed by atoms with Crippen LogP contribution in [-0.4, -0.2) is 31.3 Å². The van der Waals surface area contributed by atoms with Crippen molar-refractivity contribution in [2.24, 2.45) is 0 Å². The van der Waals surface area contributed by atoms with E-state index in [1.807, 2.05) is 41.1 Å². The standard InChI is InChI=1S/C20H22N4O2/c25-14-18-11-19-13-23(8-9-24(19)22-18)12-16-4-3-6-20(10-16)26-15-17-5-1-2-7-21-17/h1-7,10-11,25H,8-9,12-15H2. The highest BCUT2D eigenvalue weighted by Gasteiger charge is 2.18. The molecule has 0 radical (unpaired) electrons. The second-order valence-electron chi connectivity index (χ2n) is 6.48. The lowest BCUT2D eigenvalue weighted by Gasteiger charge is -2.27. The largest absolute Gasteiger partial charge is 0.487 e. The molecule has 0 atom stereocenters. The number of aliphatic hydroxyl groups excluding tert-OH is 1. The summed E-state index contributed by atoms with van der Waals surface area (Å²) in [4.78, 5) is 6.67. The molecule has 0 fully saturated rings. The fourth-order valence-corrected chi connectivity index (χ4v) is 3.22. The highest BCUT2D eigenvalue weighted by atomic mass is 16.5. The van der Waals surface area contributed by atoms with Crippen molar-refractivity contribution in [3.8, 4) is 5.75 Å². The molecule has 1 aliphatic heterocycles. The molecule has 1 N–H and O–H groups in total. The smallest absolute Gasteiger partial charge is 0.130 e. The van der Waals surface area contributed by atoms with Crippen molar-refractivity contribution in [3.63, 3.8) is 0 Å². The van der Waals surface area contributed by atoms with Gasteiger partial charge < -0.3 is 9.84 Å². The van der Waals surface area contributed by atoms with Crippen molar-refractivity contribution in [2.45, 2.75) is 32.8 Å². The summed E-state index contributed by atoms with van der Waals surface area (Å²) in [6.45, 7) is 3.96. The van der Waals surface area contributed by atoms with Gasteiger partial charge in [-0.05, 0) is 35.9 Å². The molecular weight excluding hydrogens is 328 g/mol. The van der Waals surface area contributed by atoms with Crippen molar-refractivity contribution >= 4 is 0 Å². The van der Waals surface area contributed by atoms with Crippen molar-refractivity contribution in [3.05, 3.63) is 77.4 Å². The fraction of sp³-hybridized carbons (Fsp3) is 0.300. The predicted octanol–water partition coefficient (Wildman–Crippen LogP) is 2.37. The number of nitrogens with zero attached hydrogens (tertiary/aromatic N) is 4. The highest BCUT2D eigenvalue weighted by Crippen LogP contribution is 2.19. The molecule has 0 saturated heterocycles. The van der Waals surface area contributed by atoms with Gasteiger partial charge in [0, 0.05) is 25.8 Å². The first-order valence-corrected chi connectivity index (χ1v) is 8.80. The average Bonchev–Trinajstić information content (AvgIpc) is 3.10. The number of fused-ring (bicyclic) bond motifs is 1. The van der Waals surface area contributed by atoms with Gasteiger partial charge in [0.2, 0.25) is 0 Å². The first-order valence-electron chi connectivity index (χ1n) is 8.80. The number of ether oxygens (including phenoxy) is 1. The van der Waals surface area contributed by atoms with Crippen LogP contribution in [0.25, 0.3) is 0 Å². The summed E-state index contributed by atoms with van der Waals surface area (Å²) in [5.41, 5.74) is 4.04. The maximum Gasteiger partial charge on any atom is 0.130 e. The molecule has 0 spiro atoms. The lowest BCUT2D eigenvalue weighted by molar-refractivity contribution is 0.204. The monoisotopic (exact) mass is 350 g/mol. The molecule has 0 bridgehead atoms. The molecule has 0 amide bonds. The molecule has 4 rings (SSSR count). The van der Waals surface area contributed by atoms with E-state index in [1.165, 1.54) is 5.56 Å². The summed E-state index contributed by atoms with van der Waals surface area (Å²) >= 11 is 0. The normalized spacial score (nSPS) is 14.2. The van der Waals surface area contributed by atoms with Crippen LogP contribution in [0.4, 0.5) is 0 Å². The Bertz CT molecular complexity index is 863. The van der Waals surface area contributed by atoms with Gasteiger partial charge in [-0.3, -0.25) is 14.6 Å². The summed E-state index contributed by atoms with van der Waals surface area (Å²) < 4.78 is 7.87. The van der Waals surface area contributed by atoms with E-state index < -0.39 is 0 Å². The van der Waals surface area contributed by atoms with Crippen molar-refractivity contribution in [1.29, 1.82) is 0 Å². The van der Waals surface area contributed by atoms with E-state index in [0.29, 0.717) is 6.61 Å². The van der Waals surface area contributed by atoms with Crippen molar-refractivity contribution in [1.82, 2.24) is 19.7 Å². The van der Waals surface area contributed by atoms with Crippen LogP contribution in [0.3, 0.4) is 0 Å². The summed E-state index contributed by atoms with van der Waals surface area (Å²) in [5.74, 6) is 0.859. The van der Waals surface area contributed by atoms with Crippen LogP contribution < -0.4 is 4.74 Å². The maximum atomic E-state index is 9.24. The Labute approximate surface area is 152 Å². The molecule has 26 heavy (non-hydrogen) atoms. The molecule has 3 heterocycles. The Balaban J connectivity index is 1.38. The van der Waals surface area contributed by atoms with Crippen LogP contribution in [-0.2, 0) is 32.8 Å². The van der Waals surface area contributed by atoms with Gasteiger partial charge in [0.1, 0.15) is 12.4 Å². The molecule has 0 unspecified atom stereocenters. The molecule has 3 aromatic rings. The number of hydrogen-bond acceptors (Lipinski definition) is 5. The van der Waals surface area contributed by atoms with Gasteiger partial charge in [0.05, 0.1) is 30.2 Å². The SMILES string of the molecule is OCc1cc2n(n1)CCN(Cc1cccc(OCc3ccccn3)c1)C2. The molecule has 6 nitrogen and oxygen atoms in total. The van der Waals surface area contributed by atoms with E-state index >= 15 is 0 Å². The quantitative estimate of drug-likeness (QED) is 0.739. The molecule has 134 valence electrons. The van der Waals surface area contributed by atoms with Crippen LogP contribution in [0.5, 0.6) is 5.75 Å². The number of hydrogen-bond donors (Lipinski definition) is 1. The fourth-order valence-electron chi connectivity index (χ4n) is 3.22. The Morgan fingerprint density at radius 2 is 2.00 bits per heavy atom. The van der Waals surface area contributed by atoms with Crippen LogP contribution in [0.1, 0.15) is 22.6 Å². The Hall–Kier alpha value is -2.70. The zero-order valence-electron chi connectivity index (χ0n) is 14.6. The van der Waals surface area contributed by atoms with Gasteiger partial charge >= 0.3 is 0 Å². The number of rotatable bonds is 6. The van der Waals surface area contributed by atoms with Gasteiger partial charge in [-0.1, -0.05) is 18.2 Å². The maximum absolute atomic E-state index is 9.24. The summed E-state index contributed by atoms with van der Waals surface area (Å²) in [6.07, 6.45) is 1.78. The van der Waals surface area contributed by atoms with E-state index in [4.69, 9.17) is 4.74 Å². The van der Waals surface area contributed by atoms with Crippen LogP contribution >= 0.6 is 0 Å². The van der Waals surface area contributed by atoms with E-state index in [9.17, 15) is 5.11 Å². The zero-order chi connectivity index (χ0) is 17.8. The summed E-state index contributed by atoms with van der Waals surface area (Å²) in [7, 11) is 0. The topological polar surface area (TPSA) is 63.4 Å². The third-order valence-electron chi connectivity index (χ3n) is 4.51. The molecule has 0 saturated carbocycles. The van der Waals surface area contributed by atoms with Gasteiger partial charge in [0.25, 0.3) is 0 Å². The molecule has 2 aromatic heterocycles. The minimum atomic E-state index is -0.00431. The summed E-state index contributed by atoms with van der Waals surface area (Å²) in [6, 6.07) is 16.0. The van der Waals surface area contributed by atoms with E-state index in [0.717, 1.165) is 49.0 Å². The number of aliphatic hydroxyl groups is 1. The second kappa shape index (κ2) is 7.68. The van der Waals surface area contributed by atoms with Gasteiger partial charge in [0.15, 0.2) is 0 Å². The molecule has 0 aliphatic carbocycles. The predicted molar refractivity (Wildman–Crippen MR) is 97.3 cm³/mol. The zero-order valence-corrected chi connectivity index (χ0v) is 14.6. The van der Waals surface area contributed by atoms with E-state index in [2.05, 4.69) is 27.1 Å². The number of benzene rings is 1. The minimum absolute atomic E-state index is 0.00431. The lowest BCUT2D eigenvalue weighted by Crippen LogP contribution is -2.33. The average molecular weight is 350 g/mol. The number of aromatic nitrogens is 3. The van der Waals surface area contributed by atoms with Crippen LogP contribution in [0.15, 0.2) is 54.7 Å². The Morgan fingerprint density at radius 3 is 2.85 bits per heavy atom. The van der Waals surface area contributed by atoms with E-state index in [-0.39, 0.29) is 6.61 Å². The van der Waals surface area contributed by atoms with Gasteiger partial charge in [-0.25, -0.2) is 0 Å². The third-order valence-corrected chi connectivity index (χ3v) is 4.51. The minimum Gasteiger partial charge on any atom is -0.487 e. The van der Waals surface area contributed by atoms with Gasteiger partial charge in [-0.15, -0.1) is 0 Å². The van der Waals surface area contributed by atoms with Crippen molar-refractivity contribution < 1.29 is 9.84 Å². The molecule has 6 heteroatoms. The van der Waals surface area contributed by atoms with Crippen molar-refractivity contribution in [2.75, 3.05) is 6.54 Å². The van der Waals surface area contributed by atoms with Crippen LogP contribution in [0, 0.1) is 0 Å². The van der Waals surface area contributed by atoms with Crippen LogP contribution in [0.2, 0.25) is 0 Å². The summed E-state index contributed by atoms with van der Waals surface area (Å²) in [5, 5.41) is 13.6. The molecule has 1 aliphatic rings. The van der Waals surface area contributed by atoms with E-state index in [1.54, 1.807) is 6.20 Å². The molecular formula is C20H22N4O2. The highest BCUT2D eigenvalue weighted by molar-refractivity contribution is 5.29. The Morgan fingerprint density at radius 1 is 1.04 bits per heavy atom. The first kappa shape index (κ1) is 16.8. The lowest BCUT2D eigenvalue weighted by atomic mass is 10.2. The van der Waals surface area contributed by atoms with Gasteiger partial charge in [-0.2, -0.15) is 5.10 Å². The molecule has 1 aromatic carbocycles. The second-order valence-corrected chi connectivity index (χ2v) is 6.48. The third kappa shape index (κ3) is 3.92. The Kier molecular flexibility index (Phi) is 4.95.